The molecule has 31 heavy (non-hydrogen) atoms. The van der Waals surface area contributed by atoms with Crippen LogP contribution in [0.4, 0.5) is 5.69 Å². The second-order valence-corrected chi connectivity index (χ2v) is 8.78. The van der Waals surface area contributed by atoms with Crippen molar-refractivity contribution in [3.05, 3.63) is 29.3 Å². The van der Waals surface area contributed by atoms with Gasteiger partial charge in [-0.3, -0.25) is 0 Å². The molecule has 0 heterocycles. The van der Waals surface area contributed by atoms with Gasteiger partial charge in [0.1, 0.15) is 0 Å². The Labute approximate surface area is 189 Å². The molecule has 1 rings (SSSR count). The number of hydrogen-bond acceptors (Lipinski definition) is 5. The third-order valence-electron chi connectivity index (χ3n) is 5.56. The molecule has 0 saturated heterocycles. The average molecular weight is 434 g/mol. The zero-order chi connectivity index (χ0) is 22.9. The smallest absolute Gasteiger partial charge is 0.337 e. The van der Waals surface area contributed by atoms with Crippen molar-refractivity contribution in [1.29, 1.82) is 0 Å². The van der Waals surface area contributed by atoms with Crippen molar-refractivity contribution in [3.8, 4) is 0 Å². The molecular formula is C26H43NO4. The number of carbonyl (C=O) groups excluding carboxylic acids is 2. The summed E-state index contributed by atoms with van der Waals surface area (Å²) in [6.45, 7) is 5.42. The Morgan fingerprint density at radius 1 is 0.710 bits per heavy atom. The van der Waals surface area contributed by atoms with Crippen molar-refractivity contribution >= 4 is 17.6 Å². The number of ether oxygens (including phenoxy) is 2. The Kier molecular flexibility index (Phi) is 14.5. The first-order valence-electron chi connectivity index (χ1n) is 12.0. The van der Waals surface area contributed by atoms with Crippen molar-refractivity contribution in [2.45, 2.75) is 90.9 Å². The van der Waals surface area contributed by atoms with Crippen LogP contribution in [0.2, 0.25) is 0 Å². The van der Waals surface area contributed by atoms with E-state index in [0.717, 1.165) is 24.6 Å². The standard InChI is InChI=1S/C26H43NO4/c1-21(2)16-14-12-10-8-6-5-7-9-11-13-15-17-27-24-19-22(25(28)30-3)18-23(20-24)26(29)31-4/h18-21,27H,5-17H2,1-4H3. The number of methoxy groups -OCH3 is 2. The minimum absolute atomic E-state index is 0.341. The molecule has 176 valence electrons. The van der Waals surface area contributed by atoms with E-state index in [4.69, 9.17) is 9.47 Å². The second kappa shape index (κ2) is 16.6. The molecule has 0 saturated carbocycles. The summed E-state index contributed by atoms with van der Waals surface area (Å²) in [5.74, 6) is -0.0914. The molecular weight excluding hydrogens is 390 g/mol. The average Bonchev–Trinajstić information content (AvgIpc) is 2.77. The maximum Gasteiger partial charge on any atom is 0.337 e. The first-order valence-corrected chi connectivity index (χ1v) is 12.0. The quantitative estimate of drug-likeness (QED) is 0.211. The number of unbranched alkanes of at least 4 members (excludes halogenated alkanes) is 10. The molecule has 0 spiro atoms. The van der Waals surface area contributed by atoms with Gasteiger partial charge in [0.2, 0.25) is 0 Å². The second-order valence-electron chi connectivity index (χ2n) is 8.78. The third kappa shape index (κ3) is 12.4. The van der Waals surface area contributed by atoms with Crippen LogP contribution in [0.1, 0.15) is 112 Å². The highest BCUT2D eigenvalue weighted by Gasteiger charge is 2.13. The monoisotopic (exact) mass is 433 g/mol. The minimum atomic E-state index is -0.468. The van der Waals surface area contributed by atoms with E-state index in [2.05, 4.69) is 19.2 Å². The van der Waals surface area contributed by atoms with Crippen LogP contribution in [0.5, 0.6) is 0 Å². The number of rotatable bonds is 17. The van der Waals surface area contributed by atoms with Gasteiger partial charge in [-0.25, -0.2) is 9.59 Å². The van der Waals surface area contributed by atoms with Gasteiger partial charge in [-0.2, -0.15) is 0 Å². The first kappa shape index (κ1) is 27.0. The van der Waals surface area contributed by atoms with Crippen LogP contribution in [0, 0.1) is 5.92 Å². The fraction of sp³-hybridized carbons (Fsp3) is 0.692. The zero-order valence-corrected chi connectivity index (χ0v) is 20.1. The van der Waals surface area contributed by atoms with Gasteiger partial charge in [0.15, 0.2) is 0 Å². The topological polar surface area (TPSA) is 64.6 Å². The SMILES string of the molecule is COC(=O)c1cc(NCCCCCCCCCCCCCC(C)C)cc(C(=O)OC)c1. The lowest BCUT2D eigenvalue weighted by Gasteiger charge is -2.10. The summed E-state index contributed by atoms with van der Waals surface area (Å²) in [5, 5.41) is 3.31. The van der Waals surface area contributed by atoms with Gasteiger partial charge in [0.25, 0.3) is 0 Å². The van der Waals surface area contributed by atoms with Gasteiger partial charge in [-0.15, -0.1) is 0 Å². The van der Waals surface area contributed by atoms with Gasteiger partial charge in [-0.1, -0.05) is 84.5 Å². The molecule has 1 N–H and O–H groups in total. The number of benzene rings is 1. The molecule has 0 unspecified atom stereocenters. The fourth-order valence-corrected chi connectivity index (χ4v) is 3.70. The predicted molar refractivity (Wildman–Crippen MR) is 128 cm³/mol. The summed E-state index contributed by atoms with van der Waals surface area (Å²) in [5.41, 5.74) is 1.41. The molecule has 0 aliphatic rings. The van der Waals surface area contributed by atoms with Gasteiger partial charge >= 0.3 is 11.9 Å². The minimum Gasteiger partial charge on any atom is -0.465 e. The van der Waals surface area contributed by atoms with Gasteiger partial charge < -0.3 is 14.8 Å². The van der Waals surface area contributed by atoms with E-state index in [0.29, 0.717) is 11.1 Å². The van der Waals surface area contributed by atoms with Crippen molar-refractivity contribution in [2.75, 3.05) is 26.1 Å². The summed E-state index contributed by atoms with van der Waals surface area (Å²) in [4.78, 5) is 23.7. The van der Waals surface area contributed by atoms with E-state index in [-0.39, 0.29) is 0 Å². The molecule has 0 aliphatic carbocycles. The fourth-order valence-electron chi connectivity index (χ4n) is 3.70. The molecule has 0 amide bonds. The van der Waals surface area contributed by atoms with Crippen molar-refractivity contribution < 1.29 is 19.1 Å². The van der Waals surface area contributed by atoms with Crippen LogP contribution in [0.15, 0.2) is 18.2 Å². The predicted octanol–water partition coefficient (Wildman–Crippen LogP) is 7.01. The van der Waals surface area contributed by atoms with Crippen LogP contribution in [-0.2, 0) is 9.47 Å². The summed E-state index contributed by atoms with van der Waals surface area (Å²) >= 11 is 0. The molecule has 0 fully saturated rings. The number of anilines is 1. The highest BCUT2D eigenvalue weighted by molar-refractivity contribution is 5.96. The highest BCUT2D eigenvalue weighted by Crippen LogP contribution is 2.18. The summed E-state index contributed by atoms with van der Waals surface area (Å²) < 4.78 is 9.54. The number of carbonyl (C=O) groups is 2. The van der Waals surface area contributed by atoms with Crippen molar-refractivity contribution in [2.24, 2.45) is 5.92 Å². The van der Waals surface area contributed by atoms with E-state index in [1.807, 2.05) is 0 Å². The van der Waals surface area contributed by atoms with Crippen LogP contribution in [-0.4, -0.2) is 32.7 Å². The molecule has 5 heteroatoms. The molecule has 0 bridgehead atoms. The van der Waals surface area contributed by atoms with E-state index in [9.17, 15) is 9.59 Å². The summed E-state index contributed by atoms with van der Waals surface area (Å²) in [7, 11) is 2.66. The summed E-state index contributed by atoms with van der Waals surface area (Å²) in [6.07, 6.45) is 15.8. The zero-order valence-electron chi connectivity index (χ0n) is 20.1. The van der Waals surface area contributed by atoms with Gasteiger partial charge in [0, 0.05) is 12.2 Å². The molecule has 0 atom stereocenters. The largest absolute Gasteiger partial charge is 0.465 e. The lowest BCUT2D eigenvalue weighted by Crippen LogP contribution is -2.09. The Hall–Kier alpha value is -2.04. The number of nitrogens with one attached hydrogen (secondary N) is 1. The lowest BCUT2D eigenvalue weighted by molar-refractivity contribution is 0.0599. The summed E-state index contributed by atoms with van der Waals surface area (Å²) in [6, 6.07) is 4.91. The Balaban J connectivity index is 2.14. The molecule has 1 aromatic rings. The molecule has 1 aromatic carbocycles. The highest BCUT2D eigenvalue weighted by atomic mass is 16.5. The van der Waals surface area contributed by atoms with Crippen molar-refractivity contribution in [1.82, 2.24) is 0 Å². The van der Waals surface area contributed by atoms with E-state index in [1.165, 1.54) is 90.9 Å². The van der Waals surface area contributed by atoms with Crippen LogP contribution in [0.3, 0.4) is 0 Å². The molecule has 5 nitrogen and oxygen atoms in total. The van der Waals surface area contributed by atoms with Crippen molar-refractivity contribution in [3.63, 3.8) is 0 Å². The van der Waals surface area contributed by atoms with E-state index < -0.39 is 11.9 Å². The van der Waals surface area contributed by atoms with Crippen LogP contribution >= 0.6 is 0 Å². The Morgan fingerprint density at radius 2 is 1.13 bits per heavy atom. The van der Waals surface area contributed by atoms with Crippen LogP contribution < -0.4 is 5.32 Å². The Morgan fingerprint density at radius 3 is 1.55 bits per heavy atom. The van der Waals surface area contributed by atoms with Gasteiger partial charge in [0.05, 0.1) is 25.3 Å². The Bertz CT molecular complexity index is 608. The maximum atomic E-state index is 11.8. The normalized spacial score (nSPS) is 10.9. The van der Waals surface area contributed by atoms with E-state index >= 15 is 0 Å². The number of esters is 2. The third-order valence-corrected chi connectivity index (χ3v) is 5.56. The molecule has 0 aromatic heterocycles. The first-order chi connectivity index (χ1) is 15.0. The molecule has 0 aliphatic heterocycles. The van der Waals surface area contributed by atoms with Crippen LogP contribution in [0.25, 0.3) is 0 Å². The molecule has 0 radical (unpaired) electrons. The maximum absolute atomic E-state index is 11.8. The lowest BCUT2D eigenvalue weighted by atomic mass is 10.0. The van der Waals surface area contributed by atoms with Gasteiger partial charge in [-0.05, 0) is 30.5 Å². The number of hydrogen-bond donors (Lipinski definition) is 1. The van der Waals surface area contributed by atoms with E-state index in [1.54, 1.807) is 12.1 Å².